The Labute approximate surface area is 112 Å². The summed E-state index contributed by atoms with van der Waals surface area (Å²) in [7, 11) is 0. The van der Waals surface area contributed by atoms with E-state index in [-0.39, 0.29) is 11.8 Å². The maximum Gasteiger partial charge on any atom is 0.307 e. The molecule has 2 N–H and O–H groups in total. The Hall–Kier alpha value is -1.78. The van der Waals surface area contributed by atoms with Gasteiger partial charge in [-0.25, -0.2) is 0 Å². The van der Waals surface area contributed by atoms with Crippen LogP contribution in [0.5, 0.6) is 0 Å². The normalized spacial score (nSPS) is 26.3. The SMILES string of the molecule is CC1CC(C(=O)O)C(C(=O)NCCn2cccc2)C1. The molecular weight excluding hydrogens is 244 g/mol. The van der Waals surface area contributed by atoms with E-state index < -0.39 is 11.9 Å². The summed E-state index contributed by atoms with van der Waals surface area (Å²) in [4.78, 5) is 23.2. The number of hydrogen-bond acceptors (Lipinski definition) is 2. The molecule has 0 aliphatic heterocycles. The first-order valence-electron chi connectivity index (χ1n) is 6.69. The molecule has 1 amide bonds. The molecule has 1 aliphatic carbocycles. The minimum Gasteiger partial charge on any atom is -0.481 e. The number of carboxylic acid groups (broad SMARTS) is 1. The average Bonchev–Trinajstić information content (AvgIpc) is 2.98. The maximum atomic E-state index is 12.1. The molecule has 5 nitrogen and oxygen atoms in total. The fourth-order valence-corrected chi connectivity index (χ4v) is 2.81. The van der Waals surface area contributed by atoms with E-state index in [0.717, 1.165) is 0 Å². The summed E-state index contributed by atoms with van der Waals surface area (Å²) < 4.78 is 1.98. The smallest absolute Gasteiger partial charge is 0.307 e. The molecule has 1 saturated carbocycles. The Bertz CT molecular complexity index is 442. The van der Waals surface area contributed by atoms with E-state index in [9.17, 15) is 9.59 Å². The zero-order valence-corrected chi connectivity index (χ0v) is 11.1. The van der Waals surface area contributed by atoms with Gasteiger partial charge in [-0.3, -0.25) is 9.59 Å². The molecule has 1 aromatic rings. The van der Waals surface area contributed by atoms with Gasteiger partial charge in [0.2, 0.25) is 5.91 Å². The summed E-state index contributed by atoms with van der Waals surface area (Å²) in [6, 6.07) is 3.86. The second-order valence-corrected chi connectivity index (χ2v) is 5.34. The molecule has 0 bridgehead atoms. The standard InChI is InChI=1S/C14H20N2O3/c1-10-8-11(12(9-10)14(18)19)13(17)15-4-7-16-5-2-3-6-16/h2-3,5-6,10-12H,4,7-9H2,1H3,(H,15,17)(H,18,19). The van der Waals surface area contributed by atoms with Crippen molar-refractivity contribution < 1.29 is 14.7 Å². The van der Waals surface area contributed by atoms with E-state index in [1.54, 1.807) is 0 Å². The first-order chi connectivity index (χ1) is 9.08. The van der Waals surface area contributed by atoms with Crippen molar-refractivity contribution in [1.82, 2.24) is 9.88 Å². The molecule has 5 heteroatoms. The zero-order chi connectivity index (χ0) is 13.8. The Morgan fingerprint density at radius 2 is 1.89 bits per heavy atom. The van der Waals surface area contributed by atoms with Gasteiger partial charge in [0.1, 0.15) is 0 Å². The van der Waals surface area contributed by atoms with Crippen LogP contribution in [0.25, 0.3) is 0 Å². The Balaban J connectivity index is 1.83. The molecule has 0 saturated heterocycles. The van der Waals surface area contributed by atoms with Gasteiger partial charge < -0.3 is 15.0 Å². The molecule has 0 aromatic carbocycles. The predicted octanol–water partition coefficient (Wildman–Crippen LogP) is 1.35. The van der Waals surface area contributed by atoms with Crippen LogP contribution >= 0.6 is 0 Å². The third-order valence-corrected chi connectivity index (χ3v) is 3.79. The summed E-state index contributed by atoms with van der Waals surface area (Å²) in [5, 5.41) is 12.0. The van der Waals surface area contributed by atoms with Crippen molar-refractivity contribution >= 4 is 11.9 Å². The van der Waals surface area contributed by atoms with Crippen molar-refractivity contribution in [3.05, 3.63) is 24.5 Å². The average molecular weight is 264 g/mol. The van der Waals surface area contributed by atoms with Gasteiger partial charge in [0, 0.05) is 25.5 Å². The van der Waals surface area contributed by atoms with Crippen LogP contribution in [-0.4, -0.2) is 28.1 Å². The highest BCUT2D eigenvalue weighted by atomic mass is 16.4. The number of carbonyl (C=O) groups is 2. The second kappa shape index (κ2) is 5.91. The van der Waals surface area contributed by atoms with Crippen LogP contribution in [0.1, 0.15) is 19.8 Å². The van der Waals surface area contributed by atoms with Crippen molar-refractivity contribution in [2.24, 2.45) is 17.8 Å². The van der Waals surface area contributed by atoms with Crippen molar-refractivity contribution in [3.63, 3.8) is 0 Å². The van der Waals surface area contributed by atoms with E-state index in [2.05, 4.69) is 5.32 Å². The number of nitrogens with zero attached hydrogens (tertiary/aromatic N) is 1. The molecule has 0 spiro atoms. The van der Waals surface area contributed by atoms with Crippen LogP contribution in [0.15, 0.2) is 24.5 Å². The lowest BCUT2D eigenvalue weighted by atomic mass is 9.95. The summed E-state index contributed by atoms with van der Waals surface area (Å²) in [6.07, 6.45) is 5.14. The minimum atomic E-state index is -0.852. The largest absolute Gasteiger partial charge is 0.481 e. The molecule has 0 radical (unpaired) electrons. The van der Waals surface area contributed by atoms with E-state index in [1.165, 1.54) is 0 Å². The summed E-state index contributed by atoms with van der Waals surface area (Å²) in [5.74, 6) is -1.57. The van der Waals surface area contributed by atoms with Gasteiger partial charge >= 0.3 is 5.97 Å². The van der Waals surface area contributed by atoms with Gasteiger partial charge in [0.15, 0.2) is 0 Å². The monoisotopic (exact) mass is 264 g/mol. The maximum absolute atomic E-state index is 12.1. The zero-order valence-electron chi connectivity index (χ0n) is 11.1. The van der Waals surface area contributed by atoms with Gasteiger partial charge in [-0.2, -0.15) is 0 Å². The number of aliphatic carboxylic acids is 1. The Morgan fingerprint density at radius 1 is 1.26 bits per heavy atom. The molecule has 19 heavy (non-hydrogen) atoms. The van der Waals surface area contributed by atoms with E-state index in [0.29, 0.717) is 31.8 Å². The van der Waals surface area contributed by atoms with Gasteiger partial charge in [0.05, 0.1) is 11.8 Å². The lowest BCUT2D eigenvalue weighted by molar-refractivity contribution is -0.146. The van der Waals surface area contributed by atoms with Gasteiger partial charge in [-0.1, -0.05) is 6.92 Å². The molecule has 104 valence electrons. The van der Waals surface area contributed by atoms with Crippen LogP contribution in [-0.2, 0) is 16.1 Å². The predicted molar refractivity (Wildman–Crippen MR) is 70.5 cm³/mol. The lowest BCUT2D eigenvalue weighted by Gasteiger charge is -2.15. The highest BCUT2D eigenvalue weighted by Gasteiger charge is 2.40. The third-order valence-electron chi connectivity index (χ3n) is 3.79. The van der Waals surface area contributed by atoms with Gasteiger partial charge in [-0.05, 0) is 30.9 Å². The number of rotatable bonds is 5. The molecule has 1 heterocycles. The quantitative estimate of drug-likeness (QED) is 0.843. The third kappa shape index (κ3) is 3.36. The molecule has 1 fully saturated rings. The first-order valence-corrected chi connectivity index (χ1v) is 6.69. The fraction of sp³-hybridized carbons (Fsp3) is 0.571. The number of amides is 1. The van der Waals surface area contributed by atoms with E-state index in [1.807, 2.05) is 36.0 Å². The number of carbonyl (C=O) groups excluding carboxylic acids is 1. The number of hydrogen-bond donors (Lipinski definition) is 2. The molecule has 3 atom stereocenters. The van der Waals surface area contributed by atoms with Gasteiger partial charge in [0.25, 0.3) is 0 Å². The van der Waals surface area contributed by atoms with Crippen LogP contribution in [0, 0.1) is 17.8 Å². The highest BCUT2D eigenvalue weighted by Crippen LogP contribution is 2.36. The van der Waals surface area contributed by atoms with Crippen LogP contribution in [0.4, 0.5) is 0 Å². The van der Waals surface area contributed by atoms with Crippen LogP contribution in [0.3, 0.4) is 0 Å². The van der Waals surface area contributed by atoms with Crippen LogP contribution < -0.4 is 5.32 Å². The Morgan fingerprint density at radius 3 is 2.53 bits per heavy atom. The molecular formula is C14H20N2O3. The Kier molecular flexibility index (Phi) is 4.24. The van der Waals surface area contributed by atoms with Crippen molar-refractivity contribution in [3.8, 4) is 0 Å². The van der Waals surface area contributed by atoms with E-state index in [4.69, 9.17) is 5.11 Å². The summed E-state index contributed by atoms with van der Waals surface area (Å²) in [6.45, 7) is 3.24. The number of carboxylic acids is 1. The number of aromatic nitrogens is 1. The van der Waals surface area contributed by atoms with E-state index >= 15 is 0 Å². The lowest BCUT2D eigenvalue weighted by Crippen LogP contribution is -2.36. The molecule has 1 aromatic heterocycles. The first kappa shape index (κ1) is 13.6. The minimum absolute atomic E-state index is 0.121. The number of nitrogens with one attached hydrogen (secondary N) is 1. The van der Waals surface area contributed by atoms with Crippen molar-refractivity contribution in [2.75, 3.05) is 6.54 Å². The van der Waals surface area contributed by atoms with Crippen LogP contribution in [0.2, 0.25) is 0 Å². The second-order valence-electron chi connectivity index (χ2n) is 5.34. The summed E-state index contributed by atoms with van der Waals surface area (Å²) >= 11 is 0. The molecule has 2 rings (SSSR count). The highest BCUT2D eigenvalue weighted by molar-refractivity contribution is 5.85. The van der Waals surface area contributed by atoms with Gasteiger partial charge in [-0.15, -0.1) is 0 Å². The fourth-order valence-electron chi connectivity index (χ4n) is 2.81. The molecule has 1 aliphatic rings. The van der Waals surface area contributed by atoms with Crippen molar-refractivity contribution in [2.45, 2.75) is 26.3 Å². The van der Waals surface area contributed by atoms with Crippen molar-refractivity contribution in [1.29, 1.82) is 0 Å². The summed E-state index contributed by atoms with van der Waals surface area (Å²) in [5.41, 5.74) is 0. The molecule has 3 unspecified atom stereocenters. The topological polar surface area (TPSA) is 71.3 Å².